The lowest BCUT2D eigenvalue weighted by Crippen LogP contribution is -2.47. The van der Waals surface area contributed by atoms with Crippen molar-refractivity contribution in [3.05, 3.63) is 0 Å². The van der Waals surface area contributed by atoms with E-state index < -0.39 is 6.09 Å². The molecular weight excluding hydrogens is 160 g/mol. The molecular formula is C7H12N2O3. The second-order valence-corrected chi connectivity index (χ2v) is 2.68. The van der Waals surface area contributed by atoms with Crippen molar-refractivity contribution in [2.24, 2.45) is 0 Å². The van der Waals surface area contributed by atoms with Crippen LogP contribution in [-0.4, -0.2) is 31.7 Å². The van der Waals surface area contributed by atoms with Crippen LogP contribution in [0.4, 0.5) is 4.79 Å². The smallest absolute Gasteiger partial charge is 0.407 e. The lowest BCUT2D eigenvalue weighted by molar-refractivity contribution is -0.122. The van der Waals surface area contributed by atoms with Crippen molar-refractivity contribution in [3.8, 4) is 0 Å². The van der Waals surface area contributed by atoms with Gasteiger partial charge in [-0.2, -0.15) is 0 Å². The van der Waals surface area contributed by atoms with Crippen molar-refractivity contribution in [3.63, 3.8) is 0 Å². The van der Waals surface area contributed by atoms with Gasteiger partial charge in [0.15, 0.2) is 0 Å². The molecule has 5 heteroatoms. The van der Waals surface area contributed by atoms with Crippen molar-refractivity contribution < 1.29 is 14.3 Å². The van der Waals surface area contributed by atoms with Crippen LogP contribution in [0.25, 0.3) is 0 Å². The first-order chi connectivity index (χ1) is 5.72. The summed E-state index contributed by atoms with van der Waals surface area (Å²) < 4.78 is 4.42. The van der Waals surface area contributed by atoms with Crippen molar-refractivity contribution in [2.75, 3.05) is 13.7 Å². The van der Waals surface area contributed by atoms with Gasteiger partial charge in [-0.1, -0.05) is 0 Å². The minimum absolute atomic E-state index is 0.00940. The van der Waals surface area contributed by atoms with Crippen LogP contribution >= 0.6 is 0 Å². The van der Waals surface area contributed by atoms with Crippen LogP contribution in [0.15, 0.2) is 0 Å². The van der Waals surface area contributed by atoms with E-state index in [4.69, 9.17) is 0 Å². The van der Waals surface area contributed by atoms with E-state index >= 15 is 0 Å². The lowest BCUT2D eigenvalue weighted by Gasteiger charge is -2.22. The van der Waals surface area contributed by atoms with Gasteiger partial charge in [0.2, 0.25) is 5.91 Å². The zero-order chi connectivity index (χ0) is 8.97. The molecule has 0 aromatic carbocycles. The number of piperidine rings is 1. The predicted molar refractivity (Wildman–Crippen MR) is 41.6 cm³/mol. The summed E-state index contributed by atoms with van der Waals surface area (Å²) in [6, 6.07) is 0.00940. The molecule has 0 bridgehead atoms. The molecule has 12 heavy (non-hydrogen) atoms. The summed E-state index contributed by atoms with van der Waals surface area (Å²) >= 11 is 0. The van der Waals surface area contributed by atoms with Crippen LogP contribution in [0, 0.1) is 0 Å². The molecule has 0 spiro atoms. The SMILES string of the molecule is COC(=O)NC1CCC(=O)NC1. The molecule has 1 aliphatic rings. The summed E-state index contributed by atoms with van der Waals surface area (Å²) in [5.41, 5.74) is 0. The predicted octanol–water partition coefficient (Wildman–Crippen LogP) is -0.379. The fourth-order valence-corrected chi connectivity index (χ4v) is 1.08. The number of ether oxygens (including phenoxy) is 1. The fraction of sp³-hybridized carbons (Fsp3) is 0.714. The third-order valence-corrected chi connectivity index (χ3v) is 1.77. The number of methoxy groups -OCH3 is 1. The summed E-state index contributed by atoms with van der Waals surface area (Å²) in [5.74, 6) is 0.0397. The van der Waals surface area contributed by atoms with Crippen molar-refractivity contribution in [2.45, 2.75) is 18.9 Å². The van der Waals surface area contributed by atoms with E-state index in [0.717, 1.165) is 0 Å². The quantitative estimate of drug-likeness (QED) is 0.566. The molecule has 2 N–H and O–H groups in total. The Morgan fingerprint density at radius 1 is 1.75 bits per heavy atom. The number of carbonyl (C=O) groups is 2. The molecule has 1 rings (SSSR count). The van der Waals surface area contributed by atoms with E-state index in [2.05, 4.69) is 15.4 Å². The van der Waals surface area contributed by atoms with Gasteiger partial charge in [0, 0.05) is 13.0 Å². The molecule has 0 saturated carbocycles. The molecule has 0 aliphatic carbocycles. The number of carbonyl (C=O) groups excluding carboxylic acids is 2. The van der Waals surface area contributed by atoms with E-state index in [9.17, 15) is 9.59 Å². The molecule has 0 aromatic rings. The van der Waals surface area contributed by atoms with E-state index in [-0.39, 0.29) is 11.9 Å². The Morgan fingerprint density at radius 3 is 3.00 bits per heavy atom. The third kappa shape index (κ3) is 2.41. The average molecular weight is 172 g/mol. The summed E-state index contributed by atoms with van der Waals surface area (Å²) in [6.07, 6.45) is 0.700. The molecule has 0 radical (unpaired) electrons. The van der Waals surface area contributed by atoms with Gasteiger partial charge in [-0.05, 0) is 6.42 Å². The van der Waals surface area contributed by atoms with Crippen LogP contribution in [0.5, 0.6) is 0 Å². The van der Waals surface area contributed by atoms with Crippen LogP contribution in [0.1, 0.15) is 12.8 Å². The summed E-state index contributed by atoms with van der Waals surface area (Å²) in [7, 11) is 1.32. The largest absolute Gasteiger partial charge is 0.453 e. The number of rotatable bonds is 1. The Balaban J connectivity index is 2.26. The topological polar surface area (TPSA) is 67.4 Å². The standard InChI is InChI=1S/C7H12N2O3/c1-12-7(11)9-5-2-3-6(10)8-4-5/h5H,2-4H2,1H3,(H,8,10)(H,9,11). The Kier molecular flexibility index (Phi) is 2.90. The number of amides is 2. The maximum absolute atomic E-state index is 10.7. The van der Waals surface area contributed by atoms with E-state index in [0.29, 0.717) is 19.4 Å². The highest BCUT2D eigenvalue weighted by Gasteiger charge is 2.19. The highest BCUT2D eigenvalue weighted by molar-refractivity contribution is 5.77. The summed E-state index contributed by atoms with van der Waals surface area (Å²) in [6.45, 7) is 0.494. The lowest BCUT2D eigenvalue weighted by atomic mass is 10.1. The Bertz CT molecular complexity index is 183. The van der Waals surface area contributed by atoms with Crippen molar-refractivity contribution in [1.82, 2.24) is 10.6 Å². The number of hydrogen-bond acceptors (Lipinski definition) is 3. The minimum Gasteiger partial charge on any atom is -0.453 e. The molecule has 1 heterocycles. The summed E-state index contributed by atoms with van der Waals surface area (Å²) in [4.78, 5) is 21.4. The first kappa shape index (κ1) is 8.83. The Morgan fingerprint density at radius 2 is 2.50 bits per heavy atom. The number of nitrogens with one attached hydrogen (secondary N) is 2. The van der Waals surface area contributed by atoms with Gasteiger partial charge in [-0.3, -0.25) is 4.79 Å². The third-order valence-electron chi connectivity index (χ3n) is 1.77. The monoisotopic (exact) mass is 172 g/mol. The molecule has 1 unspecified atom stereocenters. The van der Waals surface area contributed by atoms with E-state index in [1.807, 2.05) is 0 Å². The molecule has 0 aromatic heterocycles. The molecule has 1 fully saturated rings. The second-order valence-electron chi connectivity index (χ2n) is 2.68. The van der Waals surface area contributed by atoms with Crippen LogP contribution < -0.4 is 10.6 Å². The highest BCUT2D eigenvalue weighted by atomic mass is 16.5. The molecule has 5 nitrogen and oxygen atoms in total. The Labute approximate surface area is 70.5 Å². The van der Waals surface area contributed by atoms with E-state index in [1.54, 1.807) is 0 Å². The minimum atomic E-state index is -0.448. The highest BCUT2D eigenvalue weighted by Crippen LogP contribution is 2.02. The average Bonchev–Trinajstić information content (AvgIpc) is 2.09. The van der Waals surface area contributed by atoms with Gasteiger partial charge >= 0.3 is 6.09 Å². The molecule has 68 valence electrons. The number of alkyl carbamates (subject to hydrolysis) is 1. The first-order valence-corrected chi connectivity index (χ1v) is 3.83. The molecule has 2 amide bonds. The first-order valence-electron chi connectivity index (χ1n) is 3.83. The van der Waals surface area contributed by atoms with Crippen LogP contribution in [-0.2, 0) is 9.53 Å². The van der Waals surface area contributed by atoms with Crippen molar-refractivity contribution >= 4 is 12.0 Å². The maximum Gasteiger partial charge on any atom is 0.407 e. The van der Waals surface area contributed by atoms with Gasteiger partial charge in [-0.15, -0.1) is 0 Å². The van der Waals surface area contributed by atoms with Gasteiger partial charge in [-0.25, -0.2) is 4.79 Å². The van der Waals surface area contributed by atoms with Crippen molar-refractivity contribution in [1.29, 1.82) is 0 Å². The van der Waals surface area contributed by atoms with Crippen LogP contribution in [0.3, 0.4) is 0 Å². The van der Waals surface area contributed by atoms with Crippen LogP contribution in [0.2, 0.25) is 0 Å². The molecule has 1 atom stereocenters. The number of hydrogen-bond donors (Lipinski definition) is 2. The van der Waals surface area contributed by atoms with Gasteiger partial charge < -0.3 is 15.4 Å². The summed E-state index contributed by atoms with van der Waals surface area (Å²) in [5, 5.41) is 5.27. The van der Waals surface area contributed by atoms with Gasteiger partial charge in [0.25, 0.3) is 0 Å². The zero-order valence-electron chi connectivity index (χ0n) is 6.92. The van der Waals surface area contributed by atoms with Gasteiger partial charge in [0.05, 0.1) is 13.2 Å². The maximum atomic E-state index is 10.7. The van der Waals surface area contributed by atoms with E-state index in [1.165, 1.54) is 7.11 Å². The molecule has 1 saturated heterocycles. The Hall–Kier alpha value is -1.26. The fourth-order valence-electron chi connectivity index (χ4n) is 1.08. The zero-order valence-corrected chi connectivity index (χ0v) is 6.92. The molecule has 1 aliphatic heterocycles. The normalized spacial score (nSPS) is 22.8. The second kappa shape index (κ2) is 3.94. The van der Waals surface area contributed by atoms with Gasteiger partial charge in [0.1, 0.15) is 0 Å².